The number of furan rings is 1. The number of aromatic amines is 1. The highest BCUT2D eigenvalue weighted by atomic mass is 16.3. The third kappa shape index (κ3) is 2.95. The van der Waals surface area contributed by atoms with Crippen LogP contribution in [0.1, 0.15) is 26.5 Å². The third-order valence-corrected chi connectivity index (χ3v) is 4.33. The molecule has 7 heteroatoms. The van der Waals surface area contributed by atoms with E-state index in [1.54, 1.807) is 37.3 Å². The van der Waals surface area contributed by atoms with Crippen molar-refractivity contribution in [2.45, 2.75) is 6.92 Å². The van der Waals surface area contributed by atoms with Crippen molar-refractivity contribution in [3.8, 4) is 0 Å². The molecule has 0 atom stereocenters. The molecule has 0 bridgehead atoms. The van der Waals surface area contributed by atoms with Crippen LogP contribution in [0.4, 0.5) is 0 Å². The van der Waals surface area contributed by atoms with Gasteiger partial charge in [0.15, 0.2) is 5.76 Å². The average molecular weight is 361 g/mol. The van der Waals surface area contributed by atoms with Crippen LogP contribution < -0.4 is 16.4 Å². The van der Waals surface area contributed by atoms with Gasteiger partial charge in [-0.2, -0.15) is 0 Å². The Balaban J connectivity index is 1.58. The number of aryl methyl sites for hydroxylation is 1. The summed E-state index contributed by atoms with van der Waals surface area (Å²) in [4.78, 5) is 39.3. The van der Waals surface area contributed by atoms with Crippen LogP contribution in [-0.2, 0) is 0 Å². The highest BCUT2D eigenvalue weighted by molar-refractivity contribution is 6.07. The van der Waals surface area contributed by atoms with Crippen LogP contribution >= 0.6 is 0 Å². The summed E-state index contributed by atoms with van der Waals surface area (Å²) < 4.78 is 5.57. The van der Waals surface area contributed by atoms with Gasteiger partial charge in [0.25, 0.3) is 5.91 Å². The molecule has 4 rings (SSSR count). The zero-order chi connectivity index (χ0) is 19.0. The Morgan fingerprint density at radius 2 is 1.59 bits per heavy atom. The molecule has 0 unspecified atom stereocenters. The van der Waals surface area contributed by atoms with Crippen molar-refractivity contribution < 1.29 is 14.0 Å². The van der Waals surface area contributed by atoms with E-state index in [9.17, 15) is 14.4 Å². The van der Waals surface area contributed by atoms with Crippen molar-refractivity contribution in [2.75, 3.05) is 0 Å². The van der Waals surface area contributed by atoms with Crippen LogP contribution in [0.5, 0.6) is 0 Å². The fourth-order valence-corrected chi connectivity index (χ4v) is 3.02. The van der Waals surface area contributed by atoms with Gasteiger partial charge in [0.05, 0.1) is 5.56 Å². The lowest BCUT2D eigenvalue weighted by molar-refractivity contribution is 0.0832. The minimum Gasteiger partial charge on any atom is -0.451 e. The third-order valence-electron chi connectivity index (χ3n) is 4.33. The largest absolute Gasteiger partial charge is 0.451 e. The lowest BCUT2D eigenvalue weighted by atomic mass is 10.1. The summed E-state index contributed by atoms with van der Waals surface area (Å²) in [6.07, 6.45) is 0. The van der Waals surface area contributed by atoms with E-state index in [2.05, 4.69) is 15.8 Å². The van der Waals surface area contributed by atoms with Gasteiger partial charge in [-0.25, -0.2) is 0 Å². The Bertz CT molecular complexity index is 1250. The highest BCUT2D eigenvalue weighted by Gasteiger charge is 2.19. The molecular formula is C20H15N3O4. The SMILES string of the molecule is Cc1c(C(=O)NNC(=O)c2cc(=O)[nH]c3ccccc23)oc2ccccc12. The van der Waals surface area contributed by atoms with Crippen LogP contribution in [0.3, 0.4) is 0 Å². The van der Waals surface area contributed by atoms with E-state index in [-0.39, 0.29) is 11.3 Å². The van der Waals surface area contributed by atoms with Crippen LogP contribution in [0.25, 0.3) is 21.9 Å². The lowest BCUT2D eigenvalue weighted by Crippen LogP contribution is -2.42. The molecule has 0 saturated heterocycles. The van der Waals surface area contributed by atoms with Crippen molar-refractivity contribution in [1.29, 1.82) is 0 Å². The van der Waals surface area contributed by atoms with E-state index in [4.69, 9.17) is 4.42 Å². The van der Waals surface area contributed by atoms with E-state index in [1.807, 2.05) is 18.2 Å². The maximum atomic E-state index is 12.5. The summed E-state index contributed by atoms with van der Waals surface area (Å²) >= 11 is 0. The van der Waals surface area contributed by atoms with Crippen molar-refractivity contribution in [2.24, 2.45) is 0 Å². The normalized spacial score (nSPS) is 10.9. The van der Waals surface area contributed by atoms with Crippen molar-refractivity contribution in [1.82, 2.24) is 15.8 Å². The number of nitrogens with one attached hydrogen (secondary N) is 3. The van der Waals surface area contributed by atoms with Gasteiger partial charge in [0.2, 0.25) is 5.56 Å². The van der Waals surface area contributed by atoms with Crippen molar-refractivity contribution in [3.63, 3.8) is 0 Å². The van der Waals surface area contributed by atoms with E-state index in [1.165, 1.54) is 6.07 Å². The van der Waals surface area contributed by atoms with Gasteiger partial charge in [-0.15, -0.1) is 0 Å². The number of hydrogen-bond donors (Lipinski definition) is 3. The number of pyridine rings is 1. The Morgan fingerprint density at radius 1 is 0.926 bits per heavy atom. The molecule has 0 spiro atoms. The van der Waals surface area contributed by atoms with Gasteiger partial charge in [-0.1, -0.05) is 36.4 Å². The molecule has 3 N–H and O–H groups in total. The molecule has 0 aliphatic heterocycles. The zero-order valence-corrected chi connectivity index (χ0v) is 14.3. The minimum absolute atomic E-state index is 0.118. The van der Waals surface area contributed by atoms with E-state index in [0.717, 1.165) is 5.39 Å². The van der Waals surface area contributed by atoms with E-state index in [0.29, 0.717) is 22.0 Å². The van der Waals surface area contributed by atoms with Crippen LogP contribution in [0.2, 0.25) is 0 Å². The molecule has 27 heavy (non-hydrogen) atoms. The molecular weight excluding hydrogens is 346 g/mol. The van der Waals surface area contributed by atoms with Gasteiger partial charge < -0.3 is 9.40 Å². The maximum absolute atomic E-state index is 12.5. The first-order valence-electron chi connectivity index (χ1n) is 8.25. The molecule has 2 aromatic carbocycles. The average Bonchev–Trinajstić information content (AvgIpc) is 3.02. The van der Waals surface area contributed by atoms with Gasteiger partial charge >= 0.3 is 5.91 Å². The number of aromatic nitrogens is 1. The van der Waals surface area contributed by atoms with Gasteiger partial charge in [-0.05, 0) is 19.1 Å². The second-order valence-corrected chi connectivity index (χ2v) is 6.05. The predicted octanol–water partition coefficient (Wildman–Crippen LogP) is 2.66. The topological polar surface area (TPSA) is 104 Å². The molecule has 2 aromatic heterocycles. The van der Waals surface area contributed by atoms with Crippen molar-refractivity contribution >= 4 is 33.7 Å². The quantitative estimate of drug-likeness (QED) is 0.477. The molecule has 4 aromatic rings. The maximum Gasteiger partial charge on any atom is 0.305 e. The van der Waals surface area contributed by atoms with Crippen LogP contribution in [0.15, 0.2) is 63.8 Å². The monoisotopic (exact) mass is 361 g/mol. The fourth-order valence-electron chi connectivity index (χ4n) is 3.02. The molecule has 7 nitrogen and oxygen atoms in total. The van der Waals surface area contributed by atoms with E-state index < -0.39 is 17.4 Å². The highest BCUT2D eigenvalue weighted by Crippen LogP contribution is 2.24. The predicted molar refractivity (Wildman–Crippen MR) is 100 cm³/mol. The number of fused-ring (bicyclic) bond motifs is 2. The molecule has 2 amide bonds. The standard InChI is InChI=1S/C20H15N3O4/c1-11-12-6-3-5-9-16(12)27-18(11)20(26)23-22-19(25)14-10-17(24)21-15-8-4-2-7-13(14)15/h2-10H,1H3,(H,21,24)(H,22,25)(H,23,26). The first kappa shape index (κ1) is 16.6. The summed E-state index contributed by atoms with van der Waals surface area (Å²) in [5.41, 5.74) is 6.24. The number of amides is 2. The number of benzene rings is 2. The number of hydrogen-bond acceptors (Lipinski definition) is 4. The fraction of sp³-hybridized carbons (Fsp3) is 0.0500. The lowest BCUT2D eigenvalue weighted by Gasteiger charge is -2.08. The first-order chi connectivity index (χ1) is 13.0. The van der Waals surface area contributed by atoms with Crippen molar-refractivity contribution in [3.05, 3.63) is 81.8 Å². The number of hydrazine groups is 1. The summed E-state index contributed by atoms with van der Waals surface area (Å²) in [7, 11) is 0. The summed E-state index contributed by atoms with van der Waals surface area (Å²) in [6, 6.07) is 15.4. The van der Waals surface area contributed by atoms with Crippen LogP contribution in [0, 0.1) is 6.92 Å². The molecule has 2 heterocycles. The van der Waals surface area contributed by atoms with Gasteiger partial charge in [0, 0.05) is 27.9 Å². The number of rotatable bonds is 2. The first-order valence-corrected chi connectivity index (χ1v) is 8.25. The molecule has 0 aliphatic rings. The second-order valence-electron chi connectivity index (χ2n) is 6.05. The summed E-state index contributed by atoms with van der Waals surface area (Å²) in [6.45, 7) is 1.77. The minimum atomic E-state index is -0.598. The summed E-state index contributed by atoms with van der Waals surface area (Å²) in [5, 5.41) is 1.40. The number of para-hydroxylation sites is 2. The molecule has 0 radical (unpaired) electrons. The van der Waals surface area contributed by atoms with E-state index >= 15 is 0 Å². The Hall–Kier alpha value is -3.87. The smallest absolute Gasteiger partial charge is 0.305 e. The Kier molecular flexibility index (Phi) is 3.97. The molecule has 134 valence electrons. The molecule has 0 saturated carbocycles. The number of carbonyl (C=O) groups is 2. The van der Waals surface area contributed by atoms with Gasteiger partial charge in [0.1, 0.15) is 5.58 Å². The number of carbonyl (C=O) groups excluding carboxylic acids is 2. The Morgan fingerprint density at radius 3 is 2.37 bits per heavy atom. The molecule has 0 aliphatic carbocycles. The van der Waals surface area contributed by atoms with Gasteiger partial charge in [-0.3, -0.25) is 25.2 Å². The number of H-pyrrole nitrogens is 1. The van der Waals surface area contributed by atoms with Crippen LogP contribution in [-0.4, -0.2) is 16.8 Å². The summed E-state index contributed by atoms with van der Waals surface area (Å²) in [5.74, 6) is -1.06. The zero-order valence-electron chi connectivity index (χ0n) is 14.3. The Labute approximate surface area is 153 Å². The second kappa shape index (κ2) is 6.45. The molecule has 0 fully saturated rings.